The normalized spacial score (nSPS) is 13.1. The maximum atomic E-state index is 11.9. The van der Waals surface area contributed by atoms with Crippen molar-refractivity contribution in [1.29, 1.82) is 5.26 Å². The number of aryl methyl sites for hydroxylation is 1. The van der Waals surface area contributed by atoms with E-state index in [2.05, 4.69) is 0 Å². The summed E-state index contributed by atoms with van der Waals surface area (Å²) in [5.41, 5.74) is 0.879. The molecule has 0 aliphatic rings. The molecule has 0 fully saturated rings. The summed E-state index contributed by atoms with van der Waals surface area (Å²) in [6, 6.07) is 8.46. The van der Waals surface area contributed by atoms with E-state index < -0.39 is 15.1 Å². The van der Waals surface area contributed by atoms with Crippen molar-refractivity contribution in [3.63, 3.8) is 0 Å². The number of hydrogen-bond acceptors (Lipinski definition) is 3. The first-order valence-corrected chi connectivity index (χ1v) is 6.27. The zero-order chi connectivity index (χ0) is 11.5. The van der Waals surface area contributed by atoms with Crippen molar-refractivity contribution in [3.05, 3.63) is 29.8 Å². The van der Waals surface area contributed by atoms with Crippen LogP contribution in [0, 0.1) is 18.3 Å². The fraction of sp³-hybridized carbons (Fsp3) is 0.364. The standard InChI is InChI=1S/C11H13NO2S/c1-3-10(8-12)15(13,14)11-6-4-5-9(2)7-11/h4-7,10H,3H2,1-2H3. The Morgan fingerprint density at radius 2 is 2.13 bits per heavy atom. The van der Waals surface area contributed by atoms with Gasteiger partial charge in [-0.1, -0.05) is 19.1 Å². The van der Waals surface area contributed by atoms with Crippen LogP contribution < -0.4 is 0 Å². The molecule has 1 atom stereocenters. The highest BCUT2D eigenvalue weighted by molar-refractivity contribution is 7.92. The summed E-state index contributed by atoms with van der Waals surface area (Å²) in [5.74, 6) is 0. The number of rotatable bonds is 3. The minimum absolute atomic E-state index is 0.232. The number of nitrogens with zero attached hydrogens (tertiary/aromatic N) is 1. The monoisotopic (exact) mass is 223 g/mol. The molecular formula is C11H13NO2S. The van der Waals surface area contributed by atoms with E-state index in [-0.39, 0.29) is 4.90 Å². The van der Waals surface area contributed by atoms with Gasteiger partial charge >= 0.3 is 0 Å². The maximum Gasteiger partial charge on any atom is 0.194 e. The van der Waals surface area contributed by atoms with E-state index in [1.807, 2.05) is 19.1 Å². The fourth-order valence-corrected chi connectivity index (χ4v) is 2.86. The van der Waals surface area contributed by atoms with Gasteiger partial charge in [0.1, 0.15) is 0 Å². The van der Waals surface area contributed by atoms with E-state index in [4.69, 9.17) is 5.26 Å². The molecule has 0 aliphatic heterocycles. The van der Waals surface area contributed by atoms with Gasteiger partial charge in [-0.25, -0.2) is 8.42 Å². The summed E-state index contributed by atoms with van der Waals surface area (Å²) < 4.78 is 23.8. The Balaban J connectivity index is 3.24. The minimum atomic E-state index is -3.48. The fourth-order valence-electron chi connectivity index (χ4n) is 1.34. The van der Waals surface area contributed by atoms with Crippen LogP contribution in [0.15, 0.2) is 29.2 Å². The van der Waals surface area contributed by atoms with E-state index in [9.17, 15) is 8.42 Å². The lowest BCUT2D eigenvalue weighted by Crippen LogP contribution is -2.18. The molecule has 0 saturated heterocycles. The van der Waals surface area contributed by atoms with E-state index in [1.54, 1.807) is 19.1 Å². The molecule has 0 amide bonds. The average Bonchev–Trinajstić information content (AvgIpc) is 2.19. The van der Waals surface area contributed by atoms with Crippen LogP contribution in [0.2, 0.25) is 0 Å². The molecule has 1 rings (SSSR count). The van der Waals surface area contributed by atoms with Gasteiger partial charge in [0.05, 0.1) is 11.0 Å². The Morgan fingerprint density at radius 3 is 2.60 bits per heavy atom. The quantitative estimate of drug-likeness (QED) is 0.788. The van der Waals surface area contributed by atoms with Crippen LogP contribution in [-0.2, 0) is 9.84 Å². The van der Waals surface area contributed by atoms with Crippen molar-refractivity contribution in [3.8, 4) is 6.07 Å². The zero-order valence-corrected chi connectivity index (χ0v) is 9.58. The van der Waals surface area contributed by atoms with Gasteiger partial charge in [0.15, 0.2) is 15.1 Å². The van der Waals surface area contributed by atoms with Crippen LogP contribution in [0.5, 0.6) is 0 Å². The second kappa shape index (κ2) is 4.45. The van der Waals surface area contributed by atoms with Crippen LogP contribution in [-0.4, -0.2) is 13.7 Å². The second-order valence-electron chi connectivity index (χ2n) is 3.39. The van der Waals surface area contributed by atoms with Crippen LogP contribution in [0.3, 0.4) is 0 Å². The van der Waals surface area contributed by atoms with Crippen LogP contribution in [0.25, 0.3) is 0 Å². The molecule has 0 N–H and O–H groups in total. The smallest absolute Gasteiger partial charge is 0.194 e. The van der Waals surface area contributed by atoms with Crippen molar-refractivity contribution < 1.29 is 8.42 Å². The molecule has 0 radical (unpaired) electrons. The number of nitriles is 1. The van der Waals surface area contributed by atoms with Crippen molar-refractivity contribution in [2.75, 3.05) is 0 Å². The SMILES string of the molecule is CCC(C#N)S(=O)(=O)c1cccc(C)c1. The van der Waals surface area contributed by atoms with Crippen LogP contribution >= 0.6 is 0 Å². The zero-order valence-electron chi connectivity index (χ0n) is 8.77. The van der Waals surface area contributed by atoms with Gasteiger partial charge in [-0.05, 0) is 31.0 Å². The molecule has 3 nitrogen and oxygen atoms in total. The Kier molecular flexibility index (Phi) is 3.48. The Hall–Kier alpha value is -1.34. The summed E-state index contributed by atoms with van der Waals surface area (Å²) in [4.78, 5) is 0.232. The molecule has 0 heterocycles. The first kappa shape index (κ1) is 11.7. The lowest BCUT2D eigenvalue weighted by molar-refractivity contribution is 0.587. The van der Waals surface area contributed by atoms with Gasteiger partial charge in [0.25, 0.3) is 0 Å². The van der Waals surface area contributed by atoms with Gasteiger partial charge < -0.3 is 0 Å². The van der Waals surface area contributed by atoms with E-state index in [0.29, 0.717) is 6.42 Å². The highest BCUT2D eigenvalue weighted by Crippen LogP contribution is 2.18. The third kappa shape index (κ3) is 2.37. The molecule has 1 unspecified atom stereocenters. The number of benzene rings is 1. The summed E-state index contributed by atoms with van der Waals surface area (Å²) in [6.07, 6.45) is 0.312. The van der Waals surface area contributed by atoms with Gasteiger partial charge in [0, 0.05) is 0 Å². The molecule has 4 heteroatoms. The van der Waals surface area contributed by atoms with Crippen LogP contribution in [0.4, 0.5) is 0 Å². The maximum absolute atomic E-state index is 11.9. The average molecular weight is 223 g/mol. The van der Waals surface area contributed by atoms with Gasteiger partial charge in [-0.15, -0.1) is 0 Å². The minimum Gasteiger partial charge on any atom is -0.222 e. The lowest BCUT2D eigenvalue weighted by atomic mass is 10.2. The molecule has 0 aliphatic carbocycles. The van der Waals surface area contributed by atoms with E-state index >= 15 is 0 Å². The van der Waals surface area contributed by atoms with Gasteiger partial charge in [-0.2, -0.15) is 5.26 Å². The third-order valence-electron chi connectivity index (χ3n) is 2.21. The van der Waals surface area contributed by atoms with Crippen molar-refractivity contribution in [1.82, 2.24) is 0 Å². The topological polar surface area (TPSA) is 57.9 Å². The van der Waals surface area contributed by atoms with Gasteiger partial charge in [0.2, 0.25) is 0 Å². The predicted octanol–water partition coefficient (Wildman–Crippen LogP) is 2.07. The van der Waals surface area contributed by atoms with E-state index in [1.165, 1.54) is 6.07 Å². The Bertz CT molecular complexity index is 486. The molecule has 0 aromatic heterocycles. The molecule has 80 valence electrons. The number of hydrogen-bond donors (Lipinski definition) is 0. The molecular weight excluding hydrogens is 210 g/mol. The lowest BCUT2D eigenvalue weighted by Gasteiger charge is -2.08. The van der Waals surface area contributed by atoms with Crippen molar-refractivity contribution in [2.24, 2.45) is 0 Å². The summed E-state index contributed by atoms with van der Waals surface area (Å²) in [6.45, 7) is 3.52. The summed E-state index contributed by atoms with van der Waals surface area (Å²) in [7, 11) is -3.48. The largest absolute Gasteiger partial charge is 0.222 e. The molecule has 0 saturated carbocycles. The summed E-state index contributed by atoms with van der Waals surface area (Å²) >= 11 is 0. The first-order valence-electron chi connectivity index (χ1n) is 4.72. The van der Waals surface area contributed by atoms with E-state index in [0.717, 1.165) is 5.56 Å². The van der Waals surface area contributed by atoms with Crippen molar-refractivity contribution in [2.45, 2.75) is 30.4 Å². The highest BCUT2D eigenvalue weighted by atomic mass is 32.2. The highest BCUT2D eigenvalue weighted by Gasteiger charge is 2.25. The second-order valence-corrected chi connectivity index (χ2v) is 5.52. The number of sulfone groups is 1. The molecule has 15 heavy (non-hydrogen) atoms. The van der Waals surface area contributed by atoms with Gasteiger partial charge in [-0.3, -0.25) is 0 Å². The van der Waals surface area contributed by atoms with Crippen LogP contribution in [0.1, 0.15) is 18.9 Å². The molecule has 0 spiro atoms. The van der Waals surface area contributed by atoms with Crippen molar-refractivity contribution >= 4 is 9.84 Å². The summed E-state index contributed by atoms with van der Waals surface area (Å²) in [5, 5.41) is 7.82. The molecule has 1 aromatic rings. The molecule has 1 aromatic carbocycles. The predicted molar refractivity (Wildman–Crippen MR) is 58.1 cm³/mol. The Labute approximate surface area is 90.3 Å². The third-order valence-corrected chi connectivity index (χ3v) is 4.31. The molecule has 0 bridgehead atoms. The Morgan fingerprint density at radius 1 is 1.47 bits per heavy atom. The first-order chi connectivity index (χ1) is 7.02.